The minimum absolute atomic E-state index is 0.395. The number of halogens is 1. The molecule has 8 nitrogen and oxygen atoms in total. The average Bonchev–Trinajstić information content (AvgIpc) is 3.43. The second-order valence-electron chi connectivity index (χ2n) is 10.2. The van der Waals surface area contributed by atoms with Crippen molar-refractivity contribution in [3.63, 3.8) is 0 Å². The predicted molar refractivity (Wildman–Crippen MR) is 141 cm³/mol. The van der Waals surface area contributed by atoms with E-state index < -0.39 is 5.41 Å². The quantitative estimate of drug-likeness (QED) is 0.472. The van der Waals surface area contributed by atoms with Crippen LogP contribution in [-0.4, -0.2) is 61.1 Å². The molecule has 1 aliphatic carbocycles. The van der Waals surface area contributed by atoms with E-state index in [1.165, 1.54) is 0 Å². The summed E-state index contributed by atoms with van der Waals surface area (Å²) in [5.74, 6) is 1.55. The lowest BCUT2D eigenvalue weighted by atomic mass is 9.82. The minimum Gasteiger partial charge on any atom is -0.381 e. The topological polar surface area (TPSA) is 104 Å². The van der Waals surface area contributed by atoms with Gasteiger partial charge in [0.1, 0.15) is 11.6 Å². The van der Waals surface area contributed by atoms with Gasteiger partial charge in [-0.2, -0.15) is 5.26 Å². The van der Waals surface area contributed by atoms with E-state index in [1.54, 1.807) is 6.20 Å². The predicted octanol–water partition coefficient (Wildman–Crippen LogP) is 4.63. The average molecular weight is 511 g/mol. The molecule has 0 amide bonds. The van der Waals surface area contributed by atoms with Gasteiger partial charge in [0.25, 0.3) is 0 Å². The van der Waals surface area contributed by atoms with Crippen LogP contribution < -0.4 is 16.0 Å². The van der Waals surface area contributed by atoms with Gasteiger partial charge < -0.3 is 25.4 Å². The van der Waals surface area contributed by atoms with Crippen molar-refractivity contribution in [2.24, 2.45) is 5.41 Å². The van der Waals surface area contributed by atoms with Gasteiger partial charge in [0.15, 0.2) is 0 Å². The van der Waals surface area contributed by atoms with E-state index in [0.29, 0.717) is 42.9 Å². The molecule has 192 valence electrons. The zero-order chi connectivity index (χ0) is 24.8. The molecule has 5 rings (SSSR count). The fourth-order valence-corrected chi connectivity index (χ4v) is 5.56. The molecule has 0 bridgehead atoms. The number of anilines is 2. The summed E-state index contributed by atoms with van der Waals surface area (Å²) in [6, 6.07) is 11.8. The molecule has 0 unspecified atom stereocenters. The van der Waals surface area contributed by atoms with Crippen molar-refractivity contribution < 1.29 is 9.47 Å². The zero-order valence-corrected chi connectivity index (χ0v) is 21.4. The molecule has 2 aromatic rings. The van der Waals surface area contributed by atoms with E-state index in [4.69, 9.17) is 26.1 Å². The highest BCUT2D eigenvalue weighted by atomic mass is 35.5. The number of hydrogen-bond donors (Lipinski definition) is 3. The van der Waals surface area contributed by atoms with Crippen LogP contribution >= 0.6 is 11.6 Å². The molecular weight excluding hydrogens is 476 g/mol. The van der Waals surface area contributed by atoms with Crippen molar-refractivity contribution >= 4 is 23.2 Å². The maximum absolute atomic E-state index is 9.73. The highest BCUT2D eigenvalue weighted by molar-refractivity contribution is 6.33. The molecule has 2 saturated heterocycles. The van der Waals surface area contributed by atoms with Crippen LogP contribution in [0.4, 0.5) is 11.6 Å². The van der Waals surface area contributed by atoms with Gasteiger partial charge in [0, 0.05) is 56.3 Å². The van der Waals surface area contributed by atoms with Crippen molar-refractivity contribution in [3.05, 3.63) is 35.5 Å². The molecule has 4 heterocycles. The number of hydrogen-bond acceptors (Lipinski definition) is 8. The van der Waals surface area contributed by atoms with Crippen LogP contribution in [0.2, 0.25) is 5.02 Å². The molecule has 9 heteroatoms. The molecule has 2 aliphatic heterocycles. The Morgan fingerprint density at radius 1 is 1.00 bits per heavy atom. The second kappa shape index (κ2) is 11.7. The number of aromatic nitrogens is 2. The van der Waals surface area contributed by atoms with Gasteiger partial charge in [-0.05, 0) is 63.1 Å². The monoisotopic (exact) mass is 510 g/mol. The molecule has 36 heavy (non-hydrogen) atoms. The van der Waals surface area contributed by atoms with Crippen molar-refractivity contribution in [3.8, 4) is 17.3 Å². The third kappa shape index (κ3) is 6.27. The van der Waals surface area contributed by atoms with E-state index in [0.717, 1.165) is 81.1 Å². The summed E-state index contributed by atoms with van der Waals surface area (Å²) in [6.07, 6.45) is 8.79. The molecule has 3 aliphatic rings. The fraction of sp³-hybridized carbons (Fsp3) is 0.593. The summed E-state index contributed by atoms with van der Waals surface area (Å²) < 4.78 is 10.9. The number of pyridine rings is 2. The van der Waals surface area contributed by atoms with E-state index in [-0.39, 0.29) is 0 Å². The summed E-state index contributed by atoms with van der Waals surface area (Å²) in [5.41, 5.74) is 1.20. The van der Waals surface area contributed by atoms with Crippen molar-refractivity contribution in [1.29, 1.82) is 5.26 Å². The number of nitrogens with zero attached hydrogens (tertiary/aromatic N) is 3. The smallest absolute Gasteiger partial charge is 0.126 e. The number of nitriles is 1. The third-order valence-corrected chi connectivity index (χ3v) is 7.96. The normalized spacial score (nSPS) is 25.7. The Balaban J connectivity index is 1.20. The first kappa shape index (κ1) is 25.2. The first-order valence-electron chi connectivity index (χ1n) is 13.1. The summed E-state index contributed by atoms with van der Waals surface area (Å²) in [7, 11) is 0. The number of rotatable bonds is 8. The van der Waals surface area contributed by atoms with Gasteiger partial charge in [0.2, 0.25) is 0 Å². The Hall–Kier alpha value is -2.44. The molecular formula is C27H35ClN6O2. The summed E-state index contributed by atoms with van der Waals surface area (Å²) in [5, 5.41) is 21.0. The standard InChI is InChI=1S/C27H35ClN6O2/c28-23-15-30-26(33-20-6-4-19(5-7-20)32-21-8-11-36-16-21)14-22(23)24-2-1-3-25(34-24)31-18-27(17-29)9-12-35-13-10-27/h1-3,14-15,19-21,32H,4-13,16,18H2,(H,30,33)(H,31,34)/t19-,20-,21-/m1/s1. The number of nitrogens with one attached hydrogen (secondary N) is 3. The number of ether oxygens (including phenoxy) is 2. The summed E-state index contributed by atoms with van der Waals surface area (Å²) in [4.78, 5) is 9.32. The van der Waals surface area contributed by atoms with Crippen molar-refractivity contribution in [2.75, 3.05) is 43.6 Å². The summed E-state index contributed by atoms with van der Waals surface area (Å²) >= 11 is 6.54. The van der Waals surface area contributed by atoms with Crippen LogP contribution in [0.1, 0.15) is 44.9 Å². The molecule has 0 aromatic carbocycles. The highest BCUT2D eigenvalue weighted by Gasteiger charge is 2.32. The van der Waals surface area contributed by atoms with Crippen molar-refractivity contribution in [1.82, 2.24) is 15.3 Å². The second-order valence-corrected chi connectivity index (χ2v) is 10.6. The Kier molecular flexibility index (Phi) is 8.22. The molecule has 0 spiro atoms. The van der Waals surface area contributed by atoms with E-state index in [2.05, 4.69) is 27.0 Å². The fourth-order valence-electron chi connectivity index (χ4n) is 5.36. The Morgan fingerprint density at radius 3 is 2.56 bits per heavy atom. The van der Waals surface area contributed by atoms with Gasteiger partial charge in [-0.3, -0.25) is 0 Å². The van der Waals surface area contributed by atoms with E-state index >= 15 is 0 Å². The Labute approximate surface area is 218 Å². The molecule has 1 saturated carbocycles. The highest BCUT2D eigenvalue weighted by Crippen LogP contribution is 2.32. The van der Waals surface area contributed by atoms with Crippen LogP contribution in [-0.2, 0) is 9.47 Å². The van der Waals surface area contributed by atoms with Gasteiger partial charge >= 0.3 is 0 Å². The van der Waals surface area contributed by atoms with Crippen LogP contribution in [0.3, 0.4) is 0 Å². The van der Waals surface area contributed by atoms with Gasteiger partial charge in [-0.25, -0.2) is 9.97 Å². The first-order chi connectivity index (χ1) is 17.6. The molecule has 0 radical (unpaired) electrons. The lowest BCUT2D eigenvalue weighted by molar-refractivity contribution is 0.0455. The maximum Gasteiger partial charge on any atom is 0.126 e. The van der Waals surface area contributed by atoms with Gasteiger partial charge in [-0.1, -0.05) is 17.7 Å². The van der Waals surface area contributed by atoms with Crippen LogP contribution in [0, 0.1) is 16.7 Å². The van der Waals surface area contributed by atoms with Crippen LogP contribution in [0.25, 0.3) is 11.3 Å². The zero-order valence-electron chi connectivity index (χ0n) is 20.6. The summed E-state index contributed by atoms with van der Waals surface area (Å²) in [6.45, 7) is 3.51. The van der Waals surface area contributed by atoms with Crippen LogP contribution in [0.5, 0.6) is 0 Å². The van der Waals surface area contributed by atoms with E-state index in [1.807, 2.05) is 24.3 Å². The lowest BCUT2D eigenvalue weighted by Crippen LogP contribution is -2.42. The molecule has 1 atom stereocenters. The maximum atomic E-state index is 9.73. The van der Waals surface area contributed by atoms with E-state index in [9.17, 15) is 5.26 Å². The minimum atomic E-state index is -0.416. The van der Waals surface area contributed by atoms with Crippen molar-refractivity contribution in [2.45, 2.75) is 63.1 Å². The lowest BCUT2D eigenvalue weighted by Gasteiger charge is -2.31. The van der Waals surface area contributed by atoms with Crippen LogP contribution in [0.15, 0.2) is 30.5 Å². The Bertz CT molecular complexity index is 1060. The Morgan fingerprint density at radius 2 is 1.81 bits per heavy atom. The SMILES string of the molecule is N#CC1(CNc2cccc(-c3cc(N[C@H]4CC[C@H](N[C@@H]5CCOC5)CC4)ncc3Cl)n2)CCOCC1. The molecule has 3 fully saturated rings. The van der Waals surface area contributed by atoms with Gasteiger partial charge in [-0.15, -0.1) is 0 Å². The van der Waals surface area contributed by atoms with Gasteiger partial charge in [0.05, 0.1) is 28.8 Å². The molecule has 2 aromatic heterocycles. The first-order valence-corrected chi connectivity index (χ1v) is 13.5. The molecule has 3 N–H and O–H groups in total. The largest absolute Gasteiger partial charge is 0.381 e. The third-order valence-electron chi connectivity index (χ3n) is 7.66.